The smallest absolute Gasteiger partial charge is 0.344 e. The summed E-state index contributed by atoms with van der Waals surface area (Å²) in [4.78, 5) is 30.8. The molecule has 1 aliphatic rings. The molecule has 1 aromatic heterocycles. The molecule has 1 fully saturated rings. The van der Waals surface area contributed by atoms with Crippen LogP contribution in [0.25, 0.3) is 0 Å². The highest BCUT2D eigenvalue weighted by atomic mass is 19.4. The molecule has 3 amide bonds. The Kier molecular flexibility index (Phi) is 4.48. The predicted molar refractivity (Wildman–Crippen MR) is 68.4 cm³/mol. The fourth-order valence-corrected chi connectivity index (χ4v) is 1.97. The molecule has 2 heterocycles. The molecule has 2 N–H and O–H groups in total. The summed E-state index contributed by atoms with van der Waals surface area (Å²) in [5, 5.41) is 5.08. The highest BCUT2D eigenvalue weighted by Gasteiger charge is 2.34. The standard InChI is InChI=1S/C12H14F3N5O2/c1-20-6-8(2-9(20)21)19-11(22)18-5-7-3-16-10(17-4-7)12(13,14)15/h3-4,8H,2,5-6H2,1H3,(H2,18,19,22)/t8-/m0/s1. The molecule has 0 aromatic carbocycles. The van der Waals surface area contributed by atoms with Gasteiger partial charge in [-0.1, -0.05) is 0 Å². The number of likely N-dealkylation sites (N-methyl/N-ethyl adjacent to an activating group) is 1. The Morgan fingerprint density at radius 1 is 1.41 bits per heavy atom. The van der Waals surface area contributed by atoms with Crippen molar-refractivity contribution in [3.63, 3.8) is 0 Å². The lowest BCUT2D eigenvalue weighted by Gasteiger charge is -2.13. The van der Waals surface area contributed by atoms with E-state index in [1.165, 1.54) is 4.90 Å². The van der Waals surface area contributed by atoms with Crippen LogP contribution in [0.3, 0.4) is 0 Å². The number of carbonyl (C=O) groups excluding carboxylic acids is 2. The van der Waals surface area contributed by atoms with E-state index in [0.29, 0.717) is 12.1 Å². The molecule has 10 heteroatoms. The molecule has 1 aliphatic heterocycles. The van der Waals surface area contributed by atoms with Crippen molar-refractivity contribution in [3.8, 4) is 0 Å². The number of urea groups is 1. The van der Waals surface area contributed by atoms with E-state index in [2.05, 4.69) is 20.6 Å². The van der Waals surface area contributed by atoms with E-state index in [1.807, 2.05) is 0 Å². The Morgan fingerprint density at radius 2 is 2.05 bits per heavy atom. The molecule has 0 bridgehead atoms. The van der Waals surface area contributed by atoms with Crippen molar-refractivity contribution >= 4 is 11.9 Å². The van der Waals surface area contributed by atoms with E-state index >= 15 is 0 Å². The summed E-state index contributed by atoms with van der Waals surface area (Å²) >= 11 is 0. The molecule has 0 aliphatic carbocycles. The lowest BCUT2D eigenvalue weighted by atomic mass is 10.2. The van der Waals surface area contributed by atoms with Crippen molar-refractivity contribution < 1.29 is 22.8 Å². The van der Waals surface area contributed by atoms with Crippen LogP contribution in [0.5, 0.6) is 0 Å². The van der Waals surface area contributed by atoms with Crippen molar-refractivity contribution in [2.24, 2.45) is 0 Å². The molecule has 0 spiro atoms. The van der Waals surface area contributed by atoms with Crippen molar-refractivity contribution in [1.82, 2.24) is 25.5 Å². The second-order valence-corrected chi connectivity index (χ2v) is 4.92. The van der Waals surface area contributed by atoms with E-state index < -0.39 is 18.0 Å². The van der Waals surface area contributed by atoms with Crippen LogP contribution in [-0.2, 0) is 17.5 Å². The zero-order chi connectivity index (χ0) is 16.3. The van der Waals surface area contributed by atoms with Crippen LogP contribution in [-0.4, -0.2) is 46.4 Å². The summed E-state index contributed by atoms with van der Waals surface area (Å²) in [6.45, 7) is 0.413. The van der Waals surface area contributed by atoms with Gasteiger partial charge >= 0.3 is 12.2 Å². The normalized spacial score (nSPS) is 18.5. The third-order valence-electron chi connectivity index (χ3n) is 3.09. The van der Waals surface area contributed by atoms with Gasteiger partial charge in [0.05, 0.1) is 6.04 Å². The molecule has 0 saturated carbocycles. The van der Waals surface area contributed by atoms with Crippen LogP contribution in [0.15, 0.2) is 12.4 Å². The molecular weight excluding hydrogens is 303 g/mol. The molecule has 120 valence electrons. The Labute approximate surface area is 123 Å². The predicted octanol–water partition coefficient (Wildman–Crippen LogP) is 0.525. The van der Waals surface area contributed by atoms with Crippen LogP contribution in [0.2, 0.25) is 0 Å². The number of amides is 3. The van der Waals surface area contributed by atoms with Gasteiger partial charge < -0.3 is 15.5 Å². The molecule has 1 atom stereocenters. The summed E-state index contributed by atoms with van der Waals surface area (Å²) in [6.07, 6.45) is -2.36. The minimum absolute atomic E-state index is 0.0134. The molecule has 1 aromatic rings. The third-order valence-corrected chi connectivity index (χ3v) is 3.09. The zero-order valence-electron chi connectivity index (χ0n) is 11.6. The number of aromatic nitrogens is 2. The maximum atomic E-state index is 12.3. The topological polar surface area (TPSA) is 87.2 Å². The van der Waals surface area contributed by atoms with Gasteiger partial charge in [-0.15, -0.1) is 0 Å². The quantitative estimate of drug-likeness (QED) is 0.851. The number of nitrogens with zero attached hydrogens (tertiary/aromatic N) is 3. The first-order valence-corrected chi connectivity index (χ1v) is 6.42. The fourth-order valence-electron chi connectivity index (χ4n) is 1.97. The molecule has 22 heavy (non-hydrogen) atoms. The molecular formula is C12H14F3N5O2. The number of rotatable bonds is 3. The number of hydrogen-bond acceptors (Lipinski definition) is 4. The van der Waals surface area contributed by atoms with Crippen LogP contribution in [0, 0.1) is 0 Å². The van der Waals surface area contributed by atoms with Gasteiger partial charge in [0, 0.05) is 44.5 Å². The Balaban J connectivity index is 1.80. The molecule has 0 unspecified atom stereocenters. The van der Waals surface area contributed by atoms with Gasteiger partial charge in [-0.05, 0) is 0 Å². The van der Waals surface area contributed by atoms with Gasteiger partial charge in [0.15, 0.2) is 0 Å². The third kappa shape index (κ3) is 4.06. The van der Waals surface area contributed by atoms with Crippen molar-refractivity contribution in [1.29, 1.82) is 0 Å². The second kappa shape index (κ2) is 6.16. The van der Waals surface area contributed by atoms with Gasteiger partial charge in [0.2, 0.25) is 11.7 Å². The van der Waals surface area contributed by atoms with E-state index in [9.17, 15) is 22.8 Å². The number of halogens is 3. The minimum Gasteiger partial charge on any atom is -0.344 e. The Hall–Kier alpha value is -2.39. The monoisotopic (exact) mass is 317 g/mol. The number of carbonyl (C=O) groups is 2. The maximum Gasteiger partial charge on any atom is 0.451 e. The number of hydrogen-bond donors (Lipinski definition) is 2. The van der Waals surface area contributed by atoms with E-state index in [-0.39, 0.29) is 24.9 Å². The van der Waals surface area contributed by atoms with Gasteiger partial charge in [-0.25, -0.2) is 14.8 Å². The van der Waals surface area contributed by atoms with Crippen LogP contribution in [0.1, 0.15) is 17.8 Å². The Bertz CT molecular complexity index is 561. The van der Waals surface area contributed by atoms with Gasteiger partial charge in [-0.3, -0.25) is 4.79 Å². The maximum absolute atomic E-state index is 12.3. The first-order chi connectivity index (χ1) is 10.3. The molecule has 2 rings (SSSR count). The van der Waals surface area contributed by atoms with Crippen molar-refractivity contribution in [2.45, 2.75) is 25.2 Å². The van der Waals surface area contributed by atoms with Crippen molar-refractivity contribution in [2.75, 3.05) is 13.6 Å². The summed E-state index contributed by atoms with van der Waals surface area (Å²) in [5.41, 5.74) is 0.336. The van der Waals surface area contributed by atoms with Crippen LogP contribution >= 0.6 is 0 Å². The van der Waals surface area contributed by atoms with E-state index in [1.54, 1.807) is 7.05 Å². The largest absolute Gasteiger partial charge is 0.451 e. The average Bonchev–Trinajstić information content (AvgIpc) is 2.74. The highest BCUT2D eigenvalue weighted by molar-refractivity contribution is 5.81. The summed E-state index contributed by atoms with van der Waals surface area (Å²) < 4.78 is 36.9. The van der Waals surface area contributed by atoms with Gasteiger partial charge in [-0.2, -0.15) is 13.2 Å². The minimum atomic E-state index is -4.59. The van der Waals surface area contributed by atoms with Crippen molar-refractivity contribution in [3.05, 3.63) is 23.8 Å². The first-order valence-electron chi connectivity index (χ1n) is 6.42. The molecule has 1 saturated heterocycles. The van der Waals surface area contributed by atoms with Gasteiger partial charge in [0.1, 0.15) is 0 Å². The van der Waals surface area contributed by atoms with E-state index in [0.717, 1.165) is 12.4 Å². The lowest BCUT2D eigenvalue weighted by Crippen LogP contribution is -2.42. The summed E-state index contributed by atoms with van der Waals surface area (Å²) in [5.74, 6) is -1.28. The van der Waals surface area contributed by atoms with Gasteiger partial charge in [0.25, 0.3) is 0 Å². The summed E-state index contributed by atoms with van der Waals surface area (Å²) in [6, 6.07) is -0.783. The van der Waals surface area contributed by atoms with Crippen LogP contribution < -0.4 is 10.6 Å². The lowest BCUT2D eigenvalue weighted by molar-refractivity contribution is -0.145. The number of nitrogens with one attached hydrogen (secondary N) is 2. The Morgan fingerprint density at radius 3 is 2.55 bits per heavy atom. The summed E-state index contributed by atoms with van der Waals surface area (Å²) in [7, 11) is 1.64. The SMILES string of the molecule is CN1C[C@@H](NC(=O)NCc2cnc(C(F)(F)F)nc2)CC1=O. The zero-order valence-corrected chi connectivity index (χ0v) is 11.6. The molecule has 0 radical (unpaired) electrons. The second-order valence-electron chi connectivity index (χ2n) is 4.92. The number of alkyl halides is 3. The molecule has 7 nitrogen and oxygen atoms in total. The van der Waals surface area contributed by atoms with E-state index in [4.69, 9.17) is 0 Å². The average molecular weight is 317 g/mol. The first kappa shape index (κ1) is 16.0. The highest BCUT2D eigenvalue weighted by Crippen LogP contribution is 2.25. The fraction of sp³-hybridized carbons (Fsp3) is 0.500. The number of likely N-dealkylation sites (tertiary alicyclic amines) is 1. The van der Waals surface area contributed by atoms with Crippen LogP contribution in [0.4, 0.5) is 18.0 Å².